The molecular weight excluding hydrogens is 616 g/mol. The molecule has 44 heavy (non-hydrogen) atoms. The highest BCUT2D eigenvalue weighted by Crippen LogP contribution is 2.45. The summed E-state index contributed by atoms with van der Waals surface area (Å²) < 4.78 is 45.5. The van der Waals surface area contributed by atoms with E-state index >= 15 is 0 Å². The van der Waals surface area contributed by atoms with E-state index in [1.165, 1.54) is 6.07 Å². The van der Waals surface area contributed by atoms with Crippen LogP contribution in [0.3, 0.4) is 0 Å². The van der Waals surface area contributed by atoms with Gasteiger partial charge >= 0.3 is 12.3 Å². The van der Waals surface area contributed by atoms with E-state index in [1.54, 1.807) is 61.7 Å². The van der Waals surface area contributed by atoms with Crippen LogP contribution in [0.25, 0.3) is 5.73 Å². The van der Waals surface area contributed by atoms with Crippen LogP contribution in [-0.2, 0) is 12.6 Å². The number of rotatable bonds is 7. The molecule has 7 nitrogen and oxygen atoms in total. The Hall–Kier alpha value is -4.12. The number of hydrogen-bond acceptors (Lipinski definition) is 4. The second-order valence-electron chi connectivity index (χ2n) is 9.56. The molecule has 3 aromatic carbocycles. The fraction of sp³-hybridized carbons (Fsp3) is 0.219. The maximum atomic E-state index is 13.3. The molecule has 2 unspecified atom stereocenters. The van der Waals surface area contributed by atoms with Crippen LogP contribution in [-0.4, -0.2) is 40.1 Å². The number of pyridine rings is 1. The van der Waals surface area contributed by atoms with Crippen LogP contribution in [0, 0.1) is 0 Å². The summed E-state index contributed by atoms with van der Waals surface area (Å²) in [5.74, 6) is -0.131. The molecule has 4 aromatic rings. The molecule has 0 spiro atoms. The van der Waals surface area contributed by atoms with Crippen molar-refractivity contribution in [2.75, 3.05) is 13.2 Å². The number of benzene rings is 3. The third-order valence-electron chi connectivity index (χ3n) is 6.65. The highest BCUT2D eigenvalue weighted by atomic mass is 35.5. The molecule has 0 fully saturated rings. The first-order valence-corrected chi connectivity index (χ1v) is 14.3. The number of alkyl halides is 3. The van der Waals surface area contributed by atoms with Crippen molar-refractivity contribution >= 4 is 35.1 Å². The number of aliphatic imine (C=N–C) groups is 1. The summed E-state index contributed by atoms with van der Waals surface area (Å²) in [4.78, 5) is 22.3. The van der Waals surface area contributed by atoms with Crippen molar-refractivity contribution in [3.8, 4) is 5.75 Å². The van der Waals surface area contributed by atoms with Gasteiger partial charge in [-0.1, -0.05) is 53.5 Å². The van der Waals surface area contributed by atoms with Gasteiger partial charge in [0.1, 0.15) is 17.6 Å². The van der Waals surface area contributed by atoms with Gasteiger partial charge in [-0.05, 0) is 79.1 Å². The topological polar surface area (TPSA) is 98.8 Å². The number of nitrogens with one attached hydrogen (secondary N) is 1. The minimum absolute atomic E-state index is 0.0189. The molecule has 230 valence electrons. The zero-order valence-corrected chi connectivity index (χ0v) is 24.9. The molecule has 1 amide bonds. The molecule has 0 aliphatic carbocycles. The third kappa shape index (κ3) is 7.88. The number of carboxylic acid groups (broad SMARTS) is 1. The lowest BCUT2D eigenvalue weighted by Gasteiger charge is -2.27. The SMILES string of the molecule is CCOc1cc(C(F)(F)F)ccc1C1=NC(c2ccc(Cl)cc2)C(c2ccc(Cl)cc2)N1C(=O)O.[NH-]CCc1ccccn1. The third-order valence-corrected chi connectivity index (χ3v) is 7.16. The van der Waals surface area contributed by atoms with Gasteiger partial charge in [-0.2, -0.15) is 13.2 Å². The summed E-state index contributed by atoms with van der Waals surface area (Å²) in [6.07, 6.45) is -3.39. The first kappa shape index (κ1) is 32.8. The van der Waals surface area contributed by atoms with E-state index in [1.807, 2.05) is 18.2 Å². The van der Waals surface area contributed by atoms with Crippen molar-refractivity contribution < 1.29 is 27.8 Å². The lowest BCUT2D eigenvalue weighted by Crippen LogP contribution is -2.37. The van der Waals surface area contributed by atoms with Crippen molar-refractivity contribution in [2.45, 2.75) is 31.6 Å². The highest BCUT2D eigenvalue weighted by Gasteiger charge is 2.43. The largest absolute Gasteiger partial charge is 0.677 e. The van der Waals surface area contributed by atoms with E-state index in [0.717, 1.165) is 29.1 Å². The number of hydrogen-bond donors (Lipinski definition) is 1. The van der Waals surface area contributed by atoms with E-state index in [0.29, 0.717) is 27.7 Å². The number of amides is 1. The maximum absolute atomic E-state index is 13.3. The molecule has 1 aliphatic heterocycles. The van der Waals surface area contributed by atoms with Crippen molar-refractivity contribution in [3.05, 3.63) is 135 Å². The van der Waals surface area contributed by atoms with Gasteiger partial charge in [-0.25, -0.2) is 4.79 Å². The first-order valence-electron chi connectivity index (χ1n) is 13.5. The first-order chi connectivity index (χ1) is 21.0. The van der Waals surface area contributed by atoms with Gasteiger partial charge in [-0.3, -0.25) is 14.9 Å². The van der Waals surface area contributed by atoms with Crippen LogP contribution in [0.2, 0.25) is 10.0 Å². The Kier molecular flexibility index (Phi) is 10.9. The molecule has 1 aliphatic rings. The van der Waals surface area contributed by atoms with E-state index in [-0.39, 0.29) is 23.8 Å². The second kappa shape index (κ2) is 14.6. The molecule has 5 rings (SSSR count). The van der Waals surface area contributed by atoms with Crippen molar-refractivity contribution in [1.29, 1.82) is 0 Å². The van der Waals surface area contributed by atoms with E-state index in [2.05, 4.69) is 4.98 Å². The molecule has 12 heteroatoms. The summed E-state index contributed by atoms with van der Waals surface area (Å²) in [6, 6.07) is 20.6. The number of ether oxygens (including phenoxy) is 1. The molecule has 0 saturated heterocycles. The number of amidine groups is 1. The number of carbonyl (C=O) groups is 1. The summed E-state index contributed by atoms with van der Waals surface area (Å²) >= 11 is 12.1. The average molecular weight is 645 g/mol. The molecule has 0 bridgehead atoms. The lowest BCUT2D eigenvalue weighted by atomic mass is 9.94. The molecule has 0 radical (unpaired) electrons. The Balaban J connectivity index is 0.000000421. The van der Waals surface area contributed by atoms with Gasteiger partial charge < -0.3 is 15.6 Å². The standard InChI is InChI=1S/C25H19Cl2F3N2O3.C7H9N2/c1-2-35-20-13-16(25(28,29)30)7-12-19(20)23-31-21(14-3-8-17(26)9-4-14)22(32(23)24(33)34)15-5-10-18(27)11-6-15;8-5-4-7-3-1-2-6-9-7/h3-13,21-22H,2H2,1H3,(H,33,34);1-3,6,8H,4-5H2/q;-1. The Morgan fingerprint density at radius 1 is 0.977 bits per heavy atom. The van der Waals surface area contributed by atoms with Gasteiger partial charge in [0.05, 0.1) is 23.8 Å². The Morgan fingerprint density at radius 3 is 2.14 bits per heavy atom. The molecule has 1 aromatic heterocycles. The number of nitrogens with zero attached hydrogens (tertiary/aromatic N) is 3. The average Bonchev–Trinajstić information content (AvgIpc) is 3.39. The van der Waals surface area contributed by atoms with Crippen LogP contribution >= 0.6 is 23.2 Å². The summed E-state index contributed by atoms with van der Waals surface area (Å²) in [7, 11) is 0. The summed E-state index contributed by atoms with van der Waals surface area (Å²) in [5, 5.41) is 11.2. The summed E-state index contributed by atoms with van der Waals surface area (Å²) in [6.45, 7) is 2.13. The van der Waals surface area contributed by atoms with Crippen LogP contribution in [0.5, 0.6) is 5.75 Å². The smallest absolute Gasteiger partial charge is 0.416 e. The van der Waals surface area contributed by atoms with Gasteiger partial charge in [0.15, 0.2) is 0 Å². The van der Waals surface area contributed by atoms with Crippen LogP contribution in [0.1, 0.15) is 47.0 Å². The van der Waals surface area contributed by atoms with E-state index in [4.69, 9.17) is 38.7 Å². The van der Waals surface area contributed by atoms with Crippen molar-refractivity contribution in [2.24, 2.45) is 4.99 Å². The zero-order chi connectivity index (χ0) is 31.9. The van der Waals surface area contributed by atoms with E-state index < -0.39 is 29.9 Å². The van der Waals surface area contributed by atoms with Gasteiger partial charge in [0, 0.05) is 21.9 Å². The predicted octanol–water partition coefficient (Wildman–Crippen LogP) is 9.31. The fourth-order valence-corrected chi connectivity index (χ4v) is 4.94. The minimum atomic E-state index is -4.59. The van der Waals surface area contributed by atoms with Gasteiger partial charge in [0.2, 0.25) is 0 Å². The van der Waals surface area contributed by atoms with Crippen molar-refractivity contribution in [3.63, 3.8) is 0 Å². The quantitative estimate of drug-likeness (QED) is 0.217. The highest BCUT2D eigenvalue weighted by molar-refractivity contribution is 6.30. The summed E-state index contributed by atoms with van der Waals surface area (Å²) in [5.41, 5.74) is 8.43. The van der Waals surface area contributed by atoms with Crippen molar-refractivity contribution in [1.82, 2.24) is 9.88 Å². The van der Waals surface area contributed by atoms with E-state index in [9.17, 15) is 23.1 Å². The maximum Gasteiger partial charge on any atom is 0.416 e. The van der Waals surface area contributed by atoms with Crippen LogP contribution in [0.15, 0.2) is 96.1 Å². The number of halogens is 5. The minimum Gasteiger partial charge on any atom is -0.677 e. The monoisotopic (exact) mass is 643 g/mol. The van der Waals surface area contributed by atoms with Gasteiger partial charge in [-0.15, -0.1) is 6.54 Å². The molecule has 2 atom stereocenters. The Morgan fingerprint density at radius 2 is 1.61 bits per heavy atom. The van der Waals surface area contributed by atoms with Crippen LogP contribution < -0.4 is 4.74 Å². The molecule has 0 saturated carbocycles. The lowest BCUT2D eigenvalue weighted by molar-refractivity contribution is -0.137. The zero-order valence-electron chi connectivity index (χ0n) is 23.4. The predicted molar refractivity (Wildman–Crippen MR) is 165 cm³/mol. The van der Waals surface area contributed by atoms with Crippen LogP contribution in [0.4, 0.5) is 18.0 Å². The Labute approximate surface area is 262 Å². The number of aromatic nitrogens is 1. The molecule has 2 N–H and O–H groups in total. The molecular formula is C32H28Cl2F3N4O3-. The normalized spacial score (nSPS) is 16.2. The molecule has 2 heterocycles. The Bertz CT molecular complexity index is 1590. The van der Waals surface area contributed by atoms with Gasteiger partial charge in [0.25, 0.3) is 0 Å². The second-order valence-corrected chi connectivity index (χ2v) is 10.4. The fourth-order valence-electron chi connectivity index (χ4n) is 4.69.